The molecule has 0 saturated carbocycles. The van der Waals surface area contributed by atoms with Gasteiger partial charge in [0.25, 0.3) is 5.91 Å². The molecule has 1 fully saturated rings. The molecule has 0 N–H and O–H groups in total. The van der Waals surface area contributed by atoms with Crippen molar-refractivity contribution >= 4 is 56.2 Å². The number of amides is 1. The van der Waals surface area contributed by atoms with Crippen molar-refractivity contribution < 1.29 is 14.3 Å². The maximum Gasteiger partial charge on any atom is 0.265 e. The Morgan fingerprint density at radius 2 is 2.00 bits per heavy atom. The Morgan fingerprint density at radius 3 is 2.62 bits per heavy atom. The quantitative estimate of drug-likeness (QED) is 0.480. The monoisotopic (exact) mass is 449 g/mol. The Morgan fingerprint density at radius 1 is 1.27 bits per heavy atom. The number of ether oxygens (including phenoxy) is 2. The number of rotatable bonds is 5. The smallest absolute Gasteiger partial charge is 0.265 e. The summed E-state index contributed by atoms with van der Waals surface area (Å²) in [5.74, 6) is 1.12. The van der Waals surface area contributed by atoms with Gasteiger partial charge in [0.2, 0.25) is 0 Å². The molecule has 2 aromatic carbocycles. The van der Waals surface area contributed by atoms with Crippen LogP contribution in [0.2, 0.25) is 0 Å². The Hall–Kier alpha value is -1.83. The highest BCUT2D eigenvalue weighted by Gasteiger charge is 2.28. The van der Waals surface area contributed by atoms with Crippen molar-refractivity contribution in [2.24, 2.45) is 0 Å². The summed E-state index contributed by atoms with van der Waals surface area (Å²) in [6.07, 6.45) is 1.80. The highest BCUT2D eigenvalue weighted by Crippen LogP contribution is 2.39. The van der Waals surface area contributed by atoms with Crippen molar-refractivity contribution in [1.82, 2.24) is 4.90 Å². The van der Waals surface area contributed by atoms with Gasteiger partial charge in [-0.15, -0.1) is 0 Å². The van der Waals surface area contributed by atoms with E-state index in [2.05, 4.69) is 15.9 Å². The predicted octanol–water partition coefficient (Wildman–Crippen LogP) is 4.87. The molecule has 134 valence electrons. The molecule has 1 aliphatic rings. The molecule has 1 heterocycles. The molecule has 26 heavy (non-hydrogen) atoms. The van der Waals surface area contributed by atoms with Crippen molar-refractivity contribution in [2.45, 2.75) is 6.61 Å². The van der Waals surface area contributed by atoms with Gasteiger partial charge in [0.1, 0.15) is 10.9 Å². The summed E-state index contributed by atoms with van der Waals surface area (Å²) >= 11 is 9.99. The first-order valence-corrected chi connectivity index (χ1v) is 9.77. The van der Waals surface area contributed by atoms with Crippen molar-refractivity contribution in [3.63, 3.8) is 0 Å². The normalized spacial score (nSPS) is 15.7. The third-order valence-electron chi connectivity index (χ3n) is 3.76. The minimum atomic E-state index is -0.0977. The molecule has 0 radical (unpaired) electrons. The van der Waals surface area contributed by atoms with Crippen LogP contribution in [0.3, 0.4) is 0 Å². The van der Waals surface area contributed by atoms with E-state index in [0.717, 1.165) is 15.6 Å². The van der Waals surface area contributed by atoms with Crippen molar-refractivity contribution in [1.29, 1.82) is 0 Å². The van der Waals surface area contributed by atoms with E-state index in [1.165, 1.54) is 16.7 Å². The minimum absolute atomic E-state index is 0.0977. The lowest BCUT2D eigenvalue weighted by Crippen LogP contribution is -2.22. The van der Waals surface area contributed by atoms with E-state index in [-0.39, 0.29) is 5.91 Å². The molecule has 0 aromatic heterocycles. The predicted molar refractivity (Wildman–Crippen MR) is 112 cm³/mol. The topological polar surface area (TPSA) is 38.8 Å². The Balaban J connectivity index is 1.86. The fraction of sp³-hybridized carbons (Fsp3) is 0.158. The molecule has 1 aliphatic heterocycles. The first-order chi connectivity index (χ1) is 12.5. The molecule has 3 rings (SSSR count). The SMILES string of the molecule is COc1cc(/C=C2/SC(=S)N(C)C2=O)cc(Br)c1OCc1ccccc1. The highest BCUT2D eigenvalue weighted by molar-refractivity contribution is 9.10. The minimum Gasteiger partial charge on any atom is -0.493 e. The number of benzene rings is 2. The van der Waals surface area contributed by atoms with Gasteiger partial charge in [-0.3, -0.25) is 9.69 Å². The summed E-state index contributed by atoms with van der Waals surface area (Å²) < 4.78 is 12.7. The fourth-order valence-electron chi connectivity index (χ4n) is 2.39. The van der Waals surface area contributed by atoms with Gasteiger partial charge in [-0.2, -0.15) is 0 Å². The van der Waals surface area contributed by atoms with Gasteiger partial charge in [-0.1, -0.05) is 54.3 Å². The van der Waals surface area contributed by atoms with E-state index in [0.29, 0.717) is 27.3 Å². The zero-order valence-corrected chi connectivity index (χ0v) is 17.4. The second-order valence-corrected chi connectivity index (χ2v) is 8.08. The molecule has 0 spiro atoms. The van der Waals surface area contributed by atoms with Crippen LogP contribution in [-0.4, -0.2) is 29.3 Å². The number of thiocarbonyl (C=S) groups is 1. The van der Waals surface area contributed by atoms with Crippen LogP contribution in [0.15, 0.2) is 51.8 Å². The maximum absolute atomic E-state index is 12.2. The molecular weight excluding hydrogens is 434 g/mol. The average Bonchev–Trinajstić information content (AvgIpc) is 2.88. The van der Waals surface area contributed by atoms with Crippen LogP contribution in [0.5, 0.6) is 11.5 Å². The van der Waals surface area contributed by atoms with Gasteiger partial charge >= 0.3 is 0 Å². The van der Waals surface area contributed by atoms with Crippen LogP contribution in [0.1, 0.15) is 11.1 Å². The summed E-state index contributed by atoms with van der Waals surface area (Å²) in [6.45, 7) is 0.434. The molecule has 0 atom stereocenters. The molecular formula is C19H16BrNO3S2. The van der Waals surface area contributed by atoms with E-state index in [1.54, 1.807) is 20.2 Å². The lowest BCUT2D eigenvalue weighted by molar-refractivity contribution is -0.121. The third-order valence-corrected chi connectivity index (χ3v) is 5.84. The summed E-state index contributed by atoms with van der Waals surface area (Å²) in [5.41, 5.74) is 1.90. The highest BCUT2D eigenvalue weighted by atomic mass is 79.9. The molecule has 0 bridgehead atoms. The van der Waals surface area contributed by atoms with Gasteiger partial charge in [0.05, 0.1) is 16.5 Å². The van der Waals surface area contributed by atoms with E-state index in [4.69, 9.17) is 21.7 Å². The van der Waals surface area contributed by atoms with Gasteiger partial charge in [-0.25, -0.2) is 0 Å². The first-order valence-electron chi connectivity index (χ1n) is 7.75. The molecule has 1 amide bonds. The lowest BCUT2D eigenvalue weighted by atomic mass is 10.1. The van der Waals surface area contributed by atoms with Crippen molar-refractivity contribution in [3.05, 3.63) is 63.0 Å². The van der Waals surface area contributed by atoms with Crippen LogP contribution in [0.25, 0.3) is 6.08 Å². The fourth-order valence-corrected chi connectivity index (χ4v) is 4.14. The number of thioether (sulfide) groups is 1. The van der Waals surface area contributed by atoms with Crippen LogP contribution in [0.4, 0.5) is 0 Å². The number of carbonyl (C=O) groups excluding carboxylic acids is 1. The Labute approximate surface area is 170 Å². The average molecular weight is 450 g/mol. The number of halogens is 1. The van der Waals surface area contributed by atoms with Gasteiger partial charge in [0.15, 0.2) is 11.5 Å². The molecule has 2 aromatic rings. The summed E-state index contributed by atoms with van der Waals surface area (Å²) in [6, 6.07) is 13.6. The zero-order valence-electron chi connectivity index (χ0n) is 14.2. The molecule has 1 saturated heterocycles. The van der Waals surface area contributed by atoms with Gasteiger partial charge in [-0.05, 0) is 45.3 Å². The summed E-state index contributed by atoms with van der Waals surface area (Å²) in [5, 5.41) is 0. The summed E-state index contributed by atoms with van der Waals surface area (Å²) in [4.78, 5) is 14.2. The standard InChI is InChI=1S/C19H16BrNO3S2/c1-21-18(22)16(26-19(21)25)10-13-8-14(20)17(15(9-13)23-2)24-11-12-6-4-3-5-7-12/h3-10H,11H2,1-2H3/b16-10+. The van der Waals surface area contributed by atoms with E-state index in [1.807, 2.05) is 42.5 Å². The van der Waals surface area contributed by atoms with Crippen LogP contribution in [-0.2, 0) is 11.4 Å². The van der Waals surface area contributed by atoms with Crippen molar-refractivity contribution in [3.8, 4) is 11.5 Å². The van der Waals surface area contributed by atoms with Crippen molar-refractivity contribution in [2.75, 3.05) is 14.2 Å². The Kier molecular flexibility index (Phi) is 6.01. The largest absolute Gasteiger partial charge is 0.493 e. The summed E-state index contributed by atoms with van der Waals surface area (Å²) in [7, 11) is 3.27. The number of methoxy groups -OCH3 is 1. The zero-order chi connectivity index (χ0) is 18.7. The number of likely N-dealkylation sites (N-methyl/N-ethyl adjacent to an activating group) is 1. The van der Waals surface area contributed by atoms with Gasteiger partial charge < -0.3 is 9.47 Å². The molecule has 0 aliphatic carbocycles. The second-order valence-electron chi connectivity index (χ2n) is 5.55. The van der Waals surface area contributed by atoms with Crippen LogP contribution in [0, 0.1) is 0 Å². The lowest BCUT2D eigenvalue weighted by Gasteiger charge is -2.14. The first kappa shape index (κ1) is 18.9. The molecule has 7 heteroatoms. The third kappa shape index (κ3) is 4.11. The maximum atomic E-state index is 12.2. The number of carbonyl (C=O) groups is 1. The second kappa shape index (κ2) is 8.24. The molecule has 4 nitrogen and oxygen atoms in total. The number of nitrogens with zero attached hydrogens (tertiary/aromatic N) is 1. The Bertz CT molecular complexity index is 884. The van der Waals surface area contributed by atoms with E-state index in [9.17, 15) is 4.79 Å². The van der Waals surface area contributed by atoms with E-state index >= 15 is 0 Å². The van der Waals surface area contributed by atoms with Crippen LogP contribution < -0.4 is 9.47 Å². The van der Waals surface area contributed by atoms with Gasteiger partial charge in [0, 0.05) is 7.05 Å². The van der Waals surface area contributed by atoms with E-state index < -0.39 is 0 Å². The number of hydrogen-bond acceptors (Lipinski definition) is 5. The number of hydrogen-bond donors (Lipinski definition) is 0. The molecule has 0 unspecified atom stereocenters. The van der Waals surface area contributed by atoms with Crippen LogP contribution >= 0.6 is 39.9 Å².